The Labute approximate surface area is 147 Å². The predicted molar refractivity (Wildman–Crippen MR) is 96.4 cm³/mol. The van der Waals surface area contributed by atoms with Crippen molar-refractivity contribution in [2.45, 2.75) is 45.1 Å². The molecule has 4 rings (SSSR count). The van der Waals surface area contributed by atoms with Gasteiger partial charge in [-0.05, 0) is 47.1 Å². The Bertz CT molecular complexity index is 913. The number of carbonyl (C=O) groups is 2. The molecule has 0 aromatic heterocycles. The average Bonchev–Trinajstić information content (AvgIpc) is 2.86. The molecule has 4 nitrogen and oxygen atoms in total. The maximum atomic E-state index is 13.1. The average molecular weight is 335 g/mol. The van der Waals surface area contributed by atoms with Gasteiger partial charge >= 0.3 is 5.97 Å². The van der Waals surface area contributed by atoms with Gasteiger partial charge in [-0.3, -0.25) is 4.79 Å². The van der Waals surface area contributed by atoms with Gasteiger partial charge in [0.1, 0.15) is 0 Å². The Morgan fingerprint density at radius 2 is 2.04 bits per heavy atom. The van der Waals surface area contributed by atoms with Crippen molar-refractivity contribution in [1.29, 1.82) is 0 Å². The number of amides is 1. The van der Waals surface area contributed by atoms with Crippen LogP contribution in [-0.2, 0) is 11.8 Å². The number of nitrogens with zero attached hydrogens (tertiary/aromatic N) is 1. The fourth-order valence-corrected chi connectivity index (χ4v) is 4.29. The van der Waals surface area contributed by atoms with Crippen LogP contribution in [0.15, 0.2) is 36.4 Å². The van der Waals surface area contributed by atoms with Crippen LogP contribution in [0.25, 0.3) is 0 Å². The van der Waals surface area contributed by atoms with E-state index in [9.17, 15) is 14.7 Å². The molecule has 0 saturated carbocycles. The van der Waals surface area contributed by atoms with Crippen molar-refractivity contribution in [3.8, 4) is 0 Å². The summed E-state index contributed by atoms with van der Waals surface area (Å²) in [6.45, 7) is 6.52. The van der Waals surface area contributed by atoms with Crippen LogP contribution in [0.2, 0.25) is 0 Å². The van der Waals surface area contributed by atoms with Gasteiger partial charge in [0.25, 0.3) is 5.91 Å². The lowest BCUT2D eigenvalue weighted by atomic mass is 9.73. The van der Waals surface area contributed by atoms with Crippen molar-refractivity contribution in [3.63, 3.8) is 0 Å². The predicted octanol–water partition coefficient (Wildman–Crippen LogP) is 4.33. The topological polar surface area (TPSA) is 57.6 Å². The summed E-state index contributed by atoms with van der Waals surface area (Å²) in [4.78, 5) is 26.5. The molecule has 128 valence electrons. The summed E-state index contributed by atoms with van der Waals surface area (Å²) in [6.07, 6.45) is 1.74. The summed E-state index contributed by atoms with van der Waals surface area (Å²) in [7, 11) is 0. The number of benzene rings is 2. The Balaban J connectivity index is 1.95. The minimum Gasteiger partial charge on any atom is -0.478 e. The highest BCUT2D eigenvalue weighted by atomic mass is 16.4. The van der Waals surface area contributed by atoms with Gasteiger partial charge in [0.15, 0.2) is 0 Å². The molecule has 1 N–H and O–H groups in total. The van der Waals surface area contributed by atoms with Gasteiger partial charge in [-0.1, -0.05) is 45.0 Å². The number of aryl methyl sites for hydroxylation is 1. The summed E-state index contributed by atoms with van der Waals surface area (Å²) in [5.74, 6) is -1.25. The molecule has 0 aliphatic carbocycles. The van der Waals surface area contributed by atoms with E-state index in [1.165, 1.54) is 17.2 Å². The lowest BCUT2D eigenvalue weighted by Crippen LogP contribution is -2.39. The van der Waals surface area contributed by atoms with E-state index < -0.39 is 5.97 Å². The summed E-state index contributed by atoms with van der Waals surface area (Å²) in [6, 6.07) is 11.3. The van der Waals surface area contributed by atoms with E-state index in [1.807, 2.05) is 12.1 Å². The molecule has 1 atom stereocenters. The number of anilines is 1. The van der Waals surface area contributed by atoms with E-state index in [1.54, 1.807) is 11.0 Å². The zero-order valence-corrected chi connectivity index (χ0v) is 14.7. The first-order chi connectivity index (χ1) is 11.8. The van der Waals surface area contributed by atoms with Gasteiger partial charge in [0.2, 0.25) is 0 Å². The Hall–Kier alpha value is -2.62. The third-order valence-electron chi connectivity index (χ3n) is 5.59. The lowest BCUT2D eigenvalue weighted by Gasteiger charge is -2.42. The van der Waals surface area contributed by atoms with Crippen molar-refractivity contribution >= 4 is 17.6 Å². The monoisotopic (exact) mass is 335 g/mol. The first-order valence-corrected chi connectivity index (χ1v) is 8.68. The van der Waals surface area contributed by atoms with Gasteiger partial charge < -0.3 is 10.0 Å². The van der Waals surface area contributed by atoms with Gasteiger partial charge in [0.05, 0.1) is 17.2 Å². The minimum absolute atomic E-state index is 0.0806. The fraction of sp³-hybridized carbons (Fsp3) is 0.333. The number of aromatic carboxylic acids is 1. The van der Waals surface area contributed by atoms with E-state index in [4.69, 9.17) is 0 Å². The molecule has 2 aromatic rings. The van der Waals surface area contributed by atoms with Crippen molar-refractivity contribution in [2.75, 3.05) is 4.90 Å². The van der Waals surface area contributed by atoms with Crippen LogP contribution >= 0.6 is 0 Å². The normalized spacial score (nSPS) is 20.0. The minimum atomic E-state index is -1.05. The van der Waals surface area contributed by atoms with Crippen LogP contribution in [-0.4, -0.2) is 17.0 Å². The van der Waals surface area contributed by atoms with Gasteiger partial charge in [-0.25, -0.2) is 4.79 Å². The van der Waals surface area contributed by atoms with E-state index >= 15 is 0 Å². The molecule has 25 heavy (non-hydrogen) atoms. The fourth-order valence-electron chi connectivity index (χ4n) is 4.29. The van der Waals surface area contributed by atoms with Crippen molar-refractivity contribution in [2.24, 2.45) is 0 Å². The highest BCUT2D eigenvalue weighted by molar-refractivity contribution is 6.16. The number of carboxylic acid groups (broad SMARTS) is 1. The highest BCUT2D eigenvalue weighted by Crippen LogP contribution is 2.52. The van der Waals surface area contributed by atoms with Crippen molar-refractivity contribution in [1.82, 2.24) is 0 Å². The van der Waals surface area contributed by atoms with Gasteiger partial charge in [-0.15, -0.1) is 0 Å². The molecular weight excluding hydrogens is 314 g/mol. The SMILES string of the molecule is CCc1ccc2c(c1)C(C)(C)CC1c3cccc(C(=O)O)c3C(=O)N21. The van der Waals surface area contributed by atoms with Crippen LogP contribution in [0.3, 0.4) is 0 Å². The molecule has 1 amide bonds. The lowest BCUT2D eigenvalue weighted by molar-refractivity contribution is 0.0692. The second-order valence-corrected chi connectivity index (χ2v) is 7.56. The maximum Gasteiger partial charge on any atom is 0.336 e. The largest absolute Gasteiger partial charge is 0.478 e. The van der Waals surface area contributed by atoms with Crippen LogP contribution in [0.1, 0.15) is 70.6 Å². The van der Waals surface area contributed by atoms with E-state index in [2.05, 4.69) is 32.9 Å². The molecule has 0 saturated heterocycles. The summed E-state index contributed by atoms with van der Waals surface area (Å²) >= 11 is 0. The highest BCUT2D eigenvalue weighted by Gasteiger charge is 2.47. The summed E-state index contributed by atoms with van der Waals surface area (Å²) in [5.41, 5.74) is 4.54. The van der Waals surface area contributed by atoms with Gasteiger partial charge in [-0.2, -0.15) is 0 Å². The smallest absolute Gasteiger partial charge is 0.336 e. The number of hydrogen-bond donors (Lipinski definition) is 1. The first kappa shape index (κ1) is 15.9. The number of carbonyl (C=O) groups excluding carboxylic acids is 1. The molecule has 2 aliphatic heterocycles. The summed E-state index contributed by atoms with van der Waals surface area (Å²) in [5, 5.41) is 9.50. The van der Waals surface area contributed by atoms with Crippen LogP contribution < -0.4 is 4.90 Å². The van der Waals surface area contributed by atoms with E-state index in [0.717, 1.165) is 24.1 Å². The molecule has 2 aliphatic rings. The quantitative estimate of drug-likeness (QED) is 0.888. The molecular formula is C21H21NO3. The first-order valence-electron chi connectivity index (χ1n) is 8.68. The van der Waals surface area contributed by atoms with E-state index in [0.29, 0.717) is 5.56 Å². The number of rotatable bonds is 2. The van der Waals surface area contributed by atoms with Crippen molar-refractivity contribution in [3.05, 3.63) is 64.2 Å². The molecule has 4 heteroatoms. The zero-order chi connectivity index (χ0) is 17.9. The Morgan fingerprint density at radius 1 is 1.28 bits per heavy atom. The Morgan fingerprint density at radius 3 is 2.72 bits per heavy atom. The Kier molecular flexibility index (Phi) is 3.29. The number of hydrogen-bond acceptors (Lipinski definition) is 2. The second kappa shape index (κ2) is 5.19. The van der Waals surface area contributed by atoms with Crippen LogP contribution in [0.5, 0.6) is 0 Å². The third kappa shape index (κ3) is 2.13. The molecule has 0 fully saturated rings. The molecule has 0 bridgehead atoms. The number of carboxylic acids is 1. The zero-order valence-electron chi connectivity index (χ0n) is 14.7. The molecule has 1 unspecified atom stereocenters. The molecule has 0 radical (unpaired) electrons. The summed E-state index contributed by atoms with van der Waals surface area (Å²) < 4.78 is 0. The van der Waals surface area contributed by atoms with Gasteiger partial charge in [0, 0.05) is 5.69 Å². The number of fused-ring (bicyclic) bond motifs is 5. The second-order valence-electron chi connectivity index (χ2n) is 7.56. The van der Waals surface area contributed by atoms with Crippen molar-refractivity contribution < 1.29 is 14.7 Å². The maximum absolute atomic E-state index is 13.1. The molecule has 2 aromatic carbocycles. The van der Waals surface area contributed by atoms with Crippen LogP contribution in [0.4, 0.5) is 5.69 Å². The third-order valence-corrected chi connectivity index (χ3v) is 5.59. The standard InChI is InChI=1S/C21H21NO3/c1-4-12-8-9-16-15(10-12)21(2,3)11-17-13-6-5-7-14(20(24)25)18(13)19(23)22(16)17/h5-10,17H,4,11H2,1-3H3,(H,24,25). The van der Waals surface area contributed by atoms with Crippen LogP contribution in [0, 0.1) is 0 Å². The molecule has 2 heterocycles. The molecule has 0 spiro atoms. The van der Waals surface area contributed by atoms with E-state index in [-0.39, 0.29) is 22.9 Å².